The average Bonchev–Trinajstić information content (AvgIpc) is 3.43. The largest absolute Gasteiger partial charge is 0.464 e. The lowest BCUT2D eigenvalue weighted by Crippen LogP contribution is -2.33. The van der Waals surface area contributed by atoms with Crippen molar-refractivity contribution >= 4 is 57.9 Å². The Hall–Kier alpha value is -4.04. The SMILES string of the molecule is CC(=O)C1Cc2cccc3c2N1C=CN=C3C1=C(c2cncc3ccoc23)C(=O)NC1=O.Cl. The van der Waals surface area contributed by atoms with Gasteiger partial charge in [0.05, 0.1) is 34.9 Å². The predicted molar refractivity (Wildman–Crippen MR) is 124 cm³/mol. The molecule has 1 unspecified atom stereocenters. The summed E-state index contributed by atoms with van der Waals surface area (Å²) in [6.07, 6.45) is 8.54. The van der Waals surface area contributed by atoms with Crippen LogP contribution in [0.4, 0.5) is 5.69 Å². The predicted octanol–water partition coefficient (Wildman–Crippen LogP) is 2.95. The maximum absolute atomic E-state index is 13.0. The Kier molecular flexibility index (Phi) is 4.75. The molecule has 0 saturated heterocycles. The van der Waals surface area contributed by atoms with Gasteiger partial charge in [-0.05, 0) is 18.6 Å². The van der Waals surface area contributed by atoms with Gasteiger partial charge in [-0.3, -0.25) is 29.7 Å². The number of aliphatic imine (C=N–C) groups is 1. The van der Waals surface area contributed by atoms with Gasteiger partial charge < -0.3 is 9.32 Å². The zero-order chi connectivity index (χ0) is 22.0. The molecule has 1 N–H and O–H groups in total. The van der Waals surface area contributed by atoms with Gasteiger partial charge in [0.25, 0.3) is 11.8 Å². The van der Waals surface area contributed by atoms with Gasteiger partial charge in [0.1, 0.15) is 5.58 Å². The summed E-state index contributed by atoms with van der Waals surface area (Å²) in [4.78, 5) is 48.8. The lowest BCUT2D eigenvalue weighted by molar-refractivity contribution is -0.123. The number of aromatic nitrogens is 1. The van der Waals surface area contributed by atoms with Crippen LogP contribution in [0.25, 0.3) is 16.5 Å². The molecule has 2 aromatic heterocycles. The van der Waals surface area contributed by atoms with E-state index in [1.165, 1.54) is 12.5 Å². The van der Waals surface area contributed by atoms with Crippen LogP contribution < -0.4 is 10.2 Å². The number of halogens is 1. The molecule has 0 aliphatic carbocycles. The Morgan fingerprint density at radius 2 is 1.94 bits per heavy atom. The molecule has 1 atom stereocenters. The van der Waals surface area contributed by atoms with E-state index in [1.54, 1.807) is 31.6 Å². The number of amides is 2. The fourth-order valence-electron chi connectivity index (χ4n) is 4.69. The molecule has 3 aliphatic heterocycles. The van der Waals surface area contributed by atoms with Gasteiger partial charge in [0.2, 0.25) is 0 Å². The van der Waals surface area contributed by atoms with E-state index in [4.69, 9.17) is 4.42 Å². The maximum atomic E-state index is 13.0. The number of Topliss-reactive ketones (excluding diaryl/α,β-unsaturated/α-hetero) is 1. The number of carbonyl (C=O) groups excluding carboxylic acids is 3. The second-order valence-corrected chi connectivity index (χ2v) is 7.89. The van der Waals surface area contributed by atoms with Gasteiger partial charge >= 0.3 is 0 Å². The highest BCUT2D eigenvalue weighted by atomic mass is 35.5. The summed E-state index contributed by atoms with van der Waals surface area (Å²) in [5.41, 5.74) is 4.10. The molecule has 3 aliphatic rings. The second kappa shape index (κ2) is 7.53. The molecular weight excluding hydrogens is 444 g/mol. The van der Waals surface area contributed by atoms with E-state index in [-0.39, 0.29) is 35.4 Å². The number of para-hydroxylation sites is 1. The first-order valence-electron chi connectivity index (χ1n) is 10.1. The zero-order valence-electron chi connectivity index (χ0n) is 17.4. The van der Waals surface area contributed by atoms with Crippen molar-refractivity contribution in [2.24, 2.45) is 4.99 Å². The smallest absolute Gasteiger partial charge is 0.261 e. The van der Waals surface area contributed by atoms with Crippen LogP contribution in [0.1, 0.15) is 23.6 Å². The molecule has 6 rings (SSSR count). The minimum absolute atomic E-state index is 0. The molecule has 0 fully saturated rings. The quantitative estimate of drug-likeness (QED) is 0.602. The number of ketones is 1. The number of furan rings is 1. The van der Waals surface area contributed by atoms with Crippen molar-refractivity contribution < 1.29 is 18.8 Å². The number of hydrogen-bond donors (Lipinski definition) is 1. The first kappa shape index (κ1) is 20.8. The summed E-state index contributed by atoms with van der Waals surface area (Å²) in [6.45, 7) is 1.57. The molecule has 5 heterocycles. The number of nitrogens with zero attached hydrogens (tertiary/aromatic N) is 3. The Balaban J connectivity index is 0.00000228. The molecule has 1 aromatic carbocycles. The van der Waals surface area contributed by atoms with Crippen LogP contribution in [0.2, 0.25) is 0 Å². The number of benzene rings is 1. The molecule has 0 spiro atoms. The number of hydrogen-bond acceptors (Lipinski definition) is 7. The van der Waals surface area contributed by atoms with Crippen molar-refractivity contribution in [2.75, 3.05) is 4.90 Å². The van der Waals surface area contributed by atoms with Gasteiger partial charge in [-0.15, -0.1) is 12.4 Å². The number of imide groups is 1. The third kappa shape index (κ3) is 2.95. The molecule has 164 valence electrons. The number of anilines is 1. The van der Waals surface area contributed by atoms with E-state index in [2.05, 4.69) is 15.3 Å². The van der Waals surface area contributed by atoms with E-state index in [0.717, 1.165) is 16.6 Å². The van der Waals surface area contributed by atoms with Crippen molar-refractivity contribution in [3.63, 3.8) is 0 Å². The minimum atomic E-state index is -0.534. The van der Waals surface area contributed by atoms with Crippen LogP contribution >= 0.6 is 12.4 Å². The van der Waals surface area contributed by atoms with Crippen molar-refractivity contribution in [3.8, 4) is 0 Å². The van der Waals surface area contributed by atoms with Gasteiger partial charge in [-0.25, -0.2) is 0 Å². The lowest BCUT2D eigenvalue weighted by Gasteiger charge is -2.22. The normalized spacial score (nSPS) is 18.8. The molecule has 33 heavy (non-hydrogen) atoms. The van der Waals surface area contributed by atoms with Crippen LogP contribution in [0, 0.1) is 0 Å². The van der Waals surface area contributed by atoms with Gasteiger partial charge in [-0.1, -0.05) is 18.2 Å². The summed E-state index contributed by atoms with van der Waals surface area (Å²) >= 11 is 0. The zero-order valence-corrected chi connectivity index (χ0v) is 18.2. The minimum Gasteiger partial charge on any atom is -0.464 e. The molecule has 0 radical (unpaired) electrons. The average molecular weight is 461 g/mol. The van der Waals surface area contributed by atoms with Crippen LogP contribution in [-0.4, -0.2) is 34.3 Å². The van der Waals surface area contributed by atoms with Gasteiger partial charge in [-0.2, -0.15) is 0 Å². The van der Waals surface area contributed by atoms with Crippen LogP contribution in [-0.2, 0) is 20.8 Å². The monoisotopic (exact) mass is 460 g/mol. The Morgan fingerprint density at radius 3 is 2.76 bits per heavy atom. The third-order valence-electron chi connectivity index (χ3n) is 6.08. The maximum Gasteiger partial charge on any atom is 0.261 e. The molecule has 3 aromatic rings. The summed E-state index contributed by atoms with van der Waals surface area (Å²) in [5.74, 6) is -1.02. The van der Waals surface area contributed by atoms with Crippen LogP contribution in [0.5, 0.6) is 0 Å². The van der Waals surface area contributed by atoms with Gasteiger partial charge in [0, 0.05) is 47.7 Å². The van der Waals surface area contributed by atoms with E-state index >= 15 is 0 Å². The highest BCUT2D eigenvalue weighted by Crippen LogP contribution is 2.40. The number of pyridine rings is 1. The molecular formula is C24H17ClN4O4. The van der Waals surface area contributed by atoms with Crippen LogP contribution in [0.15, 0.2) is 70.3 Å². The lowest BCUT2D eigenvalue weighted by atomic mass is 9.93. The van der Waals surface area contributed by atoms with E-state index in [9.17, 15) is 14.4 Å². The van der Waals surface area contributed by atoms with Crippen molar-refractivity contribution in [1.29, 1.82) is 0 Å². The summed E-state index contributed by atoms with van der Waals surface area (Å²) in [7, 11) is 0. The summed E-state index contributed by atoms with van der Waals surface area (Å²) < 4.78 is 5.60. The second-order valence-electron chi connectivity index (χ2n) is 7.89. The highest BCUT2D eigenvalue weighted by molar-refractivity contribution is 6.48. The standard InChI is InChI=1S/C24H16N4O4.ClH/c1-12(29)17-9-13-3-2-4-15-20(26-6-7-28(17)21(13)15)19-18(23(30)27-24(19)31)16-11-25-10-14-5-8-32-22(14)16;/h2-8,10-11,17H,9H2,1H3,(H,27,30,31);1H. The topological polar surface area (TPSA) is 105 Å². The molecule has 8 nitrogen and oxygen atoms in total. The first-order chi connectivity index (χ1) is 15.5. The van der Waals surface area contributed by atoms with Gasteiger partial charge in [0.15, 0.2) is 5.78 Å². The molecule has 9 heteroatoms. The fraction of sp³-hybridized carbons (Fsp3) is 0.125. The van der Waals surface area contributed by atoms with E-state index in [1.807, 2.05) is 23.1 Å². The fourth-order valence-corrected chi connectivity index (χ4v) is 4.69. The van der Waals surface area contributed by atoms with Crippen molar-refractivity contribution in [1.82, 2.24) is 10.3 Å². The summed E-state index contributed by atoms with van der Waals surface area (Å²) in [6, 6.07) is 7.11. The summed E-state index contributed by atoms with van der Waals surface area (Å²) in [5, 5.41) is 3.12. The number of fused-ring (bicyclic) bond motifs is 1. The Bertz CT molecular complexity index is 1470. The highest BCUT2D eigenvalue weighted by Gasteiger charge is 2.40. The number of rotatable bonds is 3. The van der Waals surface area contributed by atoms with E-state index in [0.29, 0.717) is 28.8 Å². The Labute approximate surface area is 194 Å². The van der Waals surface area contributed by atoms with Crippen molar-refractivity contribution in [2.45, 2.75) is 19.4 Å². The van der Waals surface area contributed by atoms with Crippen molar-refractivity contribution in [3.05, 3.63) is 77.6 Å². The Morgan fingerprint density at radius 1 is 1.12 bits per heavy atom. The molecule has 2 amide bonds. The third-order valence-corrected chi connectivity index (χ3v) is 6.08. The molecule has 0 bridgehead atoms. The molecule has 0 saturated carbocycles. The number of carbonyl (C=O) groups is 3. The van der Waals surface area contributed by atoms with E-state index < -0.39 is 11.8 Å². The van der Waals surface area contributed by atoms with Crippen LogP contribution in [0.3, 0.4) is 0 Å². The number of nitrogens with one attached hydrogen (secondary N) is 1. The first-order valence-corrected chi connectivity index (χ1v) is 10.1.